The number of pyridine rings is 1. The minimum absolute atomic E-state index is 0.145. The number of aromatic nitrogens is 1. The molecule has 6 nitrogen and oxygen atoms in total. The van der Waals surface area contributed by atoms with Gasteiger partial charge in [0.2, 0.25) is 11.7 Å². The van der Waals surface area contributed by atoms with Gasteiger partial charge in [0.05, 0.1) is 4.92 Å². The van der Waals surface area contributed by atoms with E-state index in [1.807, 2.05) is 18.2 Å². The van der Waals surface area contributed by atoms with Crippen LogP contribution in [0.25, 0.3) is 0 Å². The number of nitrogen functional groups attached to an aromatic ring is 1. The van der Waals surface area contributed by atoms with E-state index in [9.17, 15) is 10.1 Å². The first-order valence-corrected chi connectivity index (χ1v) is 6.34. The molecule has 0 radical (unpaired) electrons. The zero-order valence-electron chi connectivity index (χ0n) is 10.7. The largest absolute Gasteiger partial charge is 0.439 e. The van der Waals surface area contributed by atoms with E-state index in [1.165, 1.54) is 29.7 Å². The van der Waals surface area contributed by atoms with Crippen LogP contribution in [0.5, 0.6) is 11.6 Å². The number of nitrogens with zero attached hydrogens (tertiary/aromatic N) is 2. The van der Waals surface area contributed by atoms with Crippen LogP contribution in [0.4, 0.5) is 11.5 Å². The second-order valence-corrected chi connectivity index (χ2v) is 4.70. The van der Waals surface area contributed by atoms with Crippen molar-refractivity contribution < 1.29 is 9.66 Å². The number of fused-ring (bicyclic) bond motifs is 1. The van der Waals surface area contributed by atoms with Gasteiger partial charge in [-0.05, 0) is 42.5 Å². The van der Waals surface area contributed by atoms with Crippen LogP contribution in [0.15, 0.2) is 30.3 Å². The van der Waals surface area contributed by atoms with Gasteiger partial charge in [-0.15, -0.1) is 0 Å². The molecular formula is C14H13N3O3. The minimum Gasteiger partial charge on any atom is -0.439 e. The Bertz CT molecular complexity index is 685. The van der Waals surface area contributed by atoms with Crippen molar-refractivity contribution in [3.05, 3.63) is 51.6 Å². The van der Waals surface area contributed by atoms with Gasteiger partial charge in [-0.25, -0.2) is 0 Å². The van der Waals surface area contributed by atoms with Gasteiger partial charge >= 0.3 is 5.69 Å². The van der Waals surface area contributed by atoms with E-state index in [0.29, 0.717) is 5.75 Å². The average Bonchev–Trinajstić information content (AvgIpc) is 2.85. The van der Waals surface area contributed by atoms with Crippen molar-refractivity contribution in [3.63, 3.8) is 0 Å². The Balaban J connectivity index is 1.84. The summed E-state index contributed by atoms with van der Waals surface area (Å²) in [6.45, 7) is 0. The van der Waals surface area contributed by atoms with Crippen molar-refractivity contribution in [1.82, 2.24) is 4.98 Å². The maximum atomic E-state index is 10.7. The summed E-state index contributed by atoms with van der Waals surface area (Å²) in [6.07, 6.45) is 3.34. The molecule has 1 heterocycles. The lowest BCUT2D eigenvalue weighted by Gasteiger charge is -2.07. The van der Waals surface area contributed by atoms with Crippen molar-refractivity contribution in [2.24, 2.45) is 0 Å². The summed E-state index contributed by atoms with van der Waals surface area (Å²) in [7, 11) is 0. The Morgan fingerprint density at radius 2 is 2.00 bits per heavy atom. The molecule has 1 aliphatic carbocycles. The fourth-order valence-corrected chi connectivity index (χ4v) is 2.39. The Kier molecular flexibility index (Phi) is 2.98. The molecule has 0 atom stereocenters. The fraction of sp³-hybridized carbons (Fsp3) is 0.214. The molecule has 0 fully saturated rings. The van der Waals surface area contributed by atoms with Gasteiger partial charge in [-0.3, -0.25) is 10.1 Å². The molecule has 0 saturated heterocycles. The fourth-order valence-electron chi connectivity index (χ4n) is 2.39. The lowest BCUT2D eigenvalue weighted by molar-refractivity contribution is -0.384. The third-order valence-corrected chi connectivity index (χ3v) is 3.37. The van der Waals surface area contributed by atoms with Gasteiger partial charge in [0, 0.05) is 12.1 Å². The third-order valence-electron chi connectivity index (χ3n) is 3.37. The highest BCUT2D eigenvalue weighted by Gasteiger charge is 2.15. The number of hydrogen-bond donors (Lipinski definition) is 1. The zero-order chi connectivity index (χ0) is 14.1. The van der Waals surface area contributed by atoms with E-state index in [4.69, 9.17) is 10.5 Å². The van der Waals surface area contributed by atoms with Gasteiger partial charge in [-0.2, -0.15) is 4.98 Å². The summed E-state index contributed by atoms with van der Waals surface area (Å²) < 4.78 is 5.61. The van der Waals surface area contributed by atoms with Gasteiger partial charge in [-0.1, -0.05) is 6.07 Å². The molecule has 0 spiro atoms. The summed E-state index contributed by atoms with van der Waals surface area (Å²) in [5.74, 6) is 0.783. The van der Waals surface area contributed by atoms with Gasteiger partial charge < -0.3 is 10.5 Å². The first-order chi connectivity index (χ1) is 9.63. The summed E-state index contributed by atoms with van der Waals surface area (Å²) >= 11 is 0. The maximum absolute atomic E-state index is 10.7. The van der Waals surface area contributed by atoms with E-state index in [-0.39, 0.29) is 17.4 Å². The molecule has 2 N–H and O–H groups in total. The Labute approximate surface area is 115 Å². The van der Waals surface area contributed by atoms with Crippen LogP contribution in [-0.2, 0) is 12.8 Å². The second kappa shape index (κ2) is 4.80. The average molecular weight is 271 g/mol. The van der Waals surface area contributed by atoms with Crippen LogP contribution in [0.3, 0.4) is 0 Å². The Hall–Kier alpha value is -2.63. The zero-order valence-corrected chi connectivity index (χ0v) is 10.7. The molecular weight excluding hydrogens is 258 g/mol. The van der Waals surface area contributed by atoms with Crippen LogP contribution < -0.4 is 10.5 Å². The van der Waals surface area contributed by atoms with Crippen LogP contribution in [-0.4, -0.2) is 9.91 Å². The van der Waals surface area contributed by atoms with Crippen molar-refractivity contribution in [1.29, 1.82) is 0 Å². The van der Waals surface area contributed by atoms with E-state index in [2.05, 4.69) is 4.98 Å². The number of nitrogens with two attached hydrogens (primary N) is 1. The molecule has 2 aromatic rings. The van der Waals surface area contributed by atoms with Gasteiger partial charge in [0.15, 0.2) is 0 Å². The van der Waals surface area contributed by atoms with Crippen molar-refractivity contribution in [2.75, 3.05) is 5.73 Å². The maximum Gasteiger partial charge on any atom is 0.311 e. The lowest BCUT2D eigenvalue weighted by Crippen LogP contribution is -1.99. The highest BCUT2D eigenvalue weighted by Crippen LogP contribution is 2.29. The molecule has 0 amide bonds. The molecule has 1 aromatic carbocycles. The quantitative estimate of drug-likeness (QED) is 0.684. The van der Waals surface area contributed by atoms with Gasteiger partial charge in [0.1, 0.15) is 5.75 Å². The molecule has 20 heavy (non-hydrogen) atoms. The molecule has 102 valence electrons. The molecule has 1 aromatic heterocycles. The van der Waals surface area contributed by atoms with Crippen molar-refractivity contribution >= 4 is 11.5 Å². The van der Waals surface area contributed by atoms with E-state index in [1.54, 1.807) is 0 Å². The third kappa shape index (κ3) is 2.27. The number of benzene rings is 1. The van der Waals surface area contributed by atoms with Crippen molar-refractivity contribution in [2.45, 2.75) is 19.3 Å². The number of nitro groups is 1. The second-order valence-electron chi connectivity index (χ2n) is 4.70. The SMILES string of the molecule is Nc1nc(Oc2ccc3c(c2)CCC3)ccc1[N+](=O)[O-]. The number of aryl methyl sites for hydroxylation is 2. The predicted molar refractivity (Wildman–Crippen MR) is 73.8 cm³/mol. The highest BCUT2D eigenvalue weighted by molar-refractivity contribution is 5.53. The molecule has 0 bridgehead atoms. The van der Waals surface area contributed by atoms with Gasteiger partial charge in [0.25, 0.3) is 0 Å². The van der Waals surface area contributed by atoms with E-state index >= 15 is 0 Å². The number of ether oxygens (including phenoxy) is 1. The monoisotopic (exact) mass is 271 g/mol. The molecule has 0 aliphatic heterocycles. The number of anilines is 1. The first-order valence-electron chi connectivity index (χ1n) is 6.34. The van der Waals surface area contributed by atoms with Crippen LogP contribution in [0, 0.1) is 10.1 Å². The number of hydrogen-bond acceptors (Lipinski definition) is 5. The first kappa shape index (κ1) is 12.4. The van der Waals surface area contributed by atoms with E-state index < -0.39 is 4.92 Å². The molecule has 6 heteroatoms. The summed E-state index contributed by atoms with van der Waals surface area (Å²) in [6, 6.07) is 8.66. The van der Waals surface area contributed by atoms with Crippen LogP contribution >= 0.6 is 0 Å². The summed E-state index contributed by atoms with van der Waals surface area (Å²) in [5.41, 5.74) is 7.96. The summed E-state index contributed by atoms with van der Waals surface area (Å²) in [5, 5.41) is 10.7. The van der Waals surface area contributed by atoms with E-state index in [0.717, 1.165) is 12.8 Å². The molecule has 3 rings (SSSR count). The van der Waals surface area contributed by atoms with Crippen LogP contribution in [0.2, 0.25) is 0 Å². The number of rotatable bonds is 3. The minimum atomic E-state index is -0.568. The molecule has 0 saturated carbocycles. The Morgan fingerprint density at radius 1 is 1.20 bits per heavy atom. The molecule has 1 aliphatic rings. The molecule has 0 unspecified atom stereocenters. The standard InChI is InChI=1S/C14H13N3O3/c15-14-12(17(18)19)6-7-13(16-14)20-11-5-4-9-2-1-3-10(9)8-11/h4-8H,1-3H2,(H2,15,16). The van der Waals surface area contributed by atoms with Crippen LogP contribution in [0.1, 0.15) is 17.5 Å². The topological polar surface area (TPSA) is 91.3 Å². The normalized spacial score (nSPS) is 13.0. The predicted octanol–water partition coefficient (Wildman–Crippen LogP) is 2.85. The lowest BCUT2D eigenvalue weighted by atomic mass is 10.1. The highest BCUT2D eigenvalue weighted by atomic mass is 16.6. The Morgan fingerprint density at radius 3 is 2.75 bits per heavy atom. The smallest absolute Gasteiger partial charge is 0.311 e. The summed E-state index contributed by atoms with van der Waals surface area (Å²) in [4.78, 5) is 14.0. The van der Waals surface area contributed by atoms with Crippen molar-refractivity contribution in [3.8, 4) is 11.6 Å².